The number of rotatable bonds is 6. The maximum Gasteiger partial charge on any atom is 0.422 e. The van der Waals surface area contributed by atoms with Gasteiger partial charge in [-0.25, -0.2) is 0 Å². The molecule has 6 rings (SSSR count). The number of nitro groups is 1. The topological polar surface area (TPSA) is 80.8 Å². The fourth-order valence-electron chi connectivity index (χ4n) is 5.78. The number of alkyl halides is 3. The standard InChI is InChI=1S/C30H28F3N3O4S/c31-30(32,33)29(37,19-34-14-12-28(13-15-34)20-41-27-9-5-4-8-26(27)40-28)24-18-35(17-21-6-2-1-3-7-21)25-16-22(36(38)39)10-11-23(24)25/h1-11,16,18,37H,12-15,17,19-20H2. The van der Waals surface area contributed by atoms with E-state index in [0.29, 0.717) is 31.7 Å². The third kappa shape index (κ3) is 5.18. The number of aliphatic hydroxyl groups is 1. The Kier molecular flexibility index (Phi) is 6.99. The summed E-state index contributed by atoms with van der Waals surface area (Å²) < 4.78 is 52.3. The van der Waals surface area contributed by atoms with E-state index in [1.54, 1.807) is 21.2 Å². The van der Waals surface area contributed by atoms with Crippen LogP contribution in [0, 0.1) is 10.1 Å². The number of nitrogens with zero attached hydrogens (tertiary/aromatic N) is 3. The number of hydrogen-bond acceptors (Lipinski definition) is 6. The van der Waals surface area contributed by atoms with E-state index in [-0.39, 0.29) is 28.7 Å². The highest BCUT2D eigenvalue weighted by molar-refractivity contribution is 7.99. The van der Waals surface area contributed by atoms with Gasteiger partial charge in [-0.3, -0.25) is 15.0 Å². The molecule has 0 amide bonds. The number of halogens is 3. The van der Waals surface area contributed by atoms with Crippen molar-refractivity contribution in [2.75, 3.05) is 25.4 Å². The van der Waals surface area contributed by atoms with Crippen LogP contribution >= 0.6 is 11.8 Å². The summed E-state index contributed by atoms with van der Waals surface area (Å²) >= 11 is 1.69. The average Bonchev–Trinajstić information content (AvgIpc) is 3.32. The summed E-state index contributed by atoms with van der Waals surface area (Å²) in [5, 5.41) is 23.1. The van der Waals surface area contributed by atoms with Gasteiger partial charge < -0.3 is 14.4 Å². The van der Waals surface area contributed by atoms with E-state index in [9.17, 15) is 28.4 Å². The van der Waals surface area contributed by atoms with Crippen molar-refractivity contribution >= 4 is 28.4 Å². The third-order valence-electron chi connectivity index (χ3n) is 8.07. The molecule has 1 fully saturated rings. The number of ether oxygens (including phenoxy) is 1. The van der Waals surface area contributed by atoms with E-state index in [2.05, 4.69) is 0 Å². The van der Waals surface area contributed by atoms with Crippen LogP contribution in [0.25, 0.3) is 10.9 Å². The van der Waals surface area contributed by atoms with Gasteiger partial charge in [0.2, 0.25) is 5.60 Å². The van der Waals surface area contributed by atoms with E-state index in [1.807, 2.05) is 54.6 Å². The number of benzene rings is 3. The largest absolute Gasteiger partial charge is 0.485 e. The molecule has 1 saturated heterocycles. The van der Waals surface area contributed by atoms with Crippen LogP contribution in [0.5, 0.6) is 5.75 Å². The second-order valence-corrected chi connectivity index (χ2v) is 11.8. The SMILES string of the molecule is O=[N+]([O-])c1ccc2c(C(O)(CN3CCC4(CC3)CSc3ccccc3O4)C(F)(F)F)cn(Cc3ccccc3)c2c1. The van der Waals surface area contributed by atoms with Crippen molar-refractivity contribution < 1.29 is 27.9 Å². The Labute approximate surface area is 238 Å². The molecule has 7 nitrogen and oxygen atoms in total. The van der Waals surface area contributed by atoms with E-state index >= 15 is 0 Å². The van der Waals surface area contributed by atoms with Crippen molar-refractivity contribution in [3.63, 3.8) is 0 Å². The van der Waals surface area contributed by atoms with Crippen LogP contribution in [-0.4, -0.2) is 56.7 Å². The number of para-hydroxylation sites is 1. The molecule has 2 aliphatic rings. The highest BCUT2D eigenvalue weighted by atomic mass is 32.2. The number of β-amino-alcohol motifs (C(OH)–C–C–N with tert-alkyl or cyclic N) is 1. The summed E-state index contributed by atoms with van der Waals surface area (Å²) in [7, 11) is 0. The summed E-state index contributed by atoms with van der Waals surface area (Å²) in [4.78, 5) is 13.6. The zero-order chi connectivity index (χ0) is 28.8. The van der Waals surface area contributed by atoms with Gasteiger partial charge in [-0.15, -0.1) is 11.8 Å². The smallest absolute Gasteiger partial charge is 0.422 e. The van der Waals surface area contributed by atoms with Crippen molar-refractivity contribution in [2.24, 2.45) is 0 Å². The van der Waals surface area contributed by atoms with Gasteiger partial charge >= 0.3 is 6.18 Å². The number of hydrogen-bond donors (Lipinski definition) is 1. The van der Waals surface area contributed by atoms with Crippen molar-refractivity contribution in [1.29, 1.82) is 0 Å². The van der Waals surface area contributed by atoms with E-state index in [1.165, 1.54) is 24.4 Å². The monoisotopic (exact) mass is 583 g/mol. The van der Waals surface area contributed by atoms with Crippen LogP contribution < -0.4 is 4.74 Å². The number of piperidine rings is 1. The van der Waals surface area contributed by atoms with Crippen molar-refractivity contribution in [3.05, 3.63) is 100 Å². The fourth-order valence-corrected chi connectivity index (χ4v) is 6.97. The van der Waals surface area contributed by atoms with Gasteiger partial charge in [-0.1, -0.05) is 42.5 Å². The Morgan fingerprint density at radius 3 is 2.44 bits per heavy atom. The lowest BCUT2D eigenvalue weighted by Crippen LogP contribution is -2.56. The van der Waals surface area contributed by atoms with Gasteiger partial charge in [0.15, 0.2) is 0 Å². The maximum absolute atomic E-state index is 14.8. The zero-order valence-corrected chi connectivity index (χ0v) is 22.8. The highest BCUT2D eigenvalue weighted by Crippen LogP contribution is 2.46. The molecule has 1 spiro atoms. The summed E-state index contributed by atoms with van der Waals surface area (Å²) in [6.45, 7) is 0.192. The maximum atomic E-state index is 14.8. The molecular weight excluding hydrogens is 555 g/mol. The van der Waals surface area contributed by atoms with Crippen LogP contribution in [0.15, 0.2) is 83.9 Å². The number of thioether (sulfide) groups is 1. The number of non-ortho nitro benzene ring substituents is 1. The Morgan fingerprint density at radius 1 is 1.02 bits per heavy atom. The molecule has 1 atom stereocenters. The molecular formula is C30H28F3N3O4S. The van der Waals surface area contributed by atoms with Gasteiger partial charge in [-0.2, -0.15) is 13.2 Å². The van der Waals surface area contributed by atoms with Gasteiger partial charge in [0, 0.05) is 78.9 Å². The third-order valence-corrected chi connectivity index (χ3v) is 9.39. The molecule has 41 heavy (non-hydrogen) atoms. The van der Waals surface area contributed by atoms with Crippen LogP contribution in [-0.2, 0) is 12.1 Å². The van der Waals surface area contributed by atoms with Crippen LogP contribution in [0.4, 0.5) is 18.9 Å². The average molecular weight is 584 g/mol. The number of nitro benzene ring substituents is 1. The van der Waals surface area contributed by atoms with Gasteiger partial charge in [-0.05, 0) is 23.8 Å². The predicted molar refractivity (Wildman–Crippen MR) is 150 cm³/mol. The van der Waals surface area contributed by atoms with Crippen LogP contribution in [0.1, 0.15) is 24.0 Å². The number of likely N-dealkylation sites (tertiary alicyclic amines) is 1. The zero-order valence-electron chi connectivity index (χ0n) is 22.0. The lowest BCUT2D eigenvalue weighted by atomic mass is 9.88. The first-order chi connectivity index (χ1) is 19.6. The van der Waals surface area contributed by atoms with Crippen LogP contribution in [0.2, 0.25) is 0 Å². The molecule has 0 saturated carbocycles. The first-order valence-electron chi connectivity index (χ1n) is 13.3. The minimum Gasteiger partial charge on any atom is -0.485 e. The molecule has 3 aromatic carbocycles. The van der Waals surface area contributed by atoms with Gasteiger partial charge in [0.1, 0.15) is 11.4 Å². The Hall–Kier alpha value is -3.54. The number of aromatic nitrogens is 1. The summed E-state index contributed by atoms with van der Waals surface area (Å²) in [6, 6.07) is 20.6. The second kappa shape index (κ2) is 10.4. The number of fused-ring (bicyclic) bond motifs is 2. The van der Waals surface area contributed by atoms with E-state index in [4.69, 9.17) is 4.74 Å². The van der Waals surface area contributed by atoms with Crippen LogP contribution in [0.3, 0.4) is 0 Å². The predicted octanol–water partition coefficient (Wildman–Crippen LogP) is 6.37. The lowest BCUT2D eigenvalue weighted by molar-refractivity contribution is -0.384. The van der Waals surface area contributed by atoms with Gasteiger partial charge in [0.05, 0.1) is 10.4 Å². The van der Waals surface area contributed by atoms with E-state index in [0.717, 1.165) is 16.2 Å². The normalized spacial score (nSPS) is 18.5. The molecule has 0 radical (unpaired) electrons. The molecule has 1 aromatic heterocycles. The van der Waals surface area contributed by atoms with Gasteiger partial charge in [0.25, 0.3) is 5.69 Å². The molecule has 4 aromatic rings. The first kappa shape index (κ1) is 27.6. The minimum atomic E-state index is -4.99. The highest BCUT2D eigenvalue weighted by Gasteiger charge is 2.57. The Bertz CT molecular complexity index is 1590. The molecule has 214 valence electrons. The van der Waals surface area contributed by atoms with Crippen molar-refractivity contribution in [3.8, 4) is 5.75 Å². The molecule has 0 bridgehead atoms. The van der Waals surface area contributed by atoms with Crippen molar-refractivity contribution in [2.45, 2.75) is 41.7 Å². The summed E-state index contributed by atoms with van der Waals surface area (Å²) in [5.41, 5.74) is -3.14. The summed E-state index contributed by atoms with van der Waals surface area (Å²) in [5.74, 6) is 1.51. The quantitative estimate of drug-likeness (QED) is 0.210. The molecule has 1 N–H and O–H groups in total. The summed E-state index contributed by atoms with van der Waals surface area (Å²) in [6.07, 6.45) is -2.64. The second-order valence-electron chi connectivity index (χ2n) is 10.8. The lowest BCUT2D eigenvalue weighted by Gasteiger charge is -2.45. The molecule has 0 aliphatic carbocycles. The molecule has 2 aliphatic heterocycles. The minimum absolute atomic E-state index is 0.128. The molecule has 1 unspecified atom stereocenters. The Morgan fingerprint density at radius 2 is 1.73 bits per heavy atom. The first-order valence-corrected chi connectivity index (χ1v) is 14.3. The van der Waals surface area contributed by atoms with Crippen molar-refractivity contribution in [1.82, 2.24) is 9.47 Å². The molecule has 3 heterocycles. The molecule has 11 heteroatoms. The Balaban J connectivity index is 1.31. The fraction of sp³-hybridized carbons (Fsp3) is 0.333. The van der Waals surface area contributed by atoms with E-state index < -0.39 is 28.8 Å².